The summed E-state index contributed by atoms with van der Waals surface area (Å²) in [5.41, 5.74) is 3.39. The van der Waals surface area contributed by atoms with E-state index in [1.54, 1.807) is 12.1 Å². The lowest BCUT2D eigenvalue weighted by atomic mass is 10.0. The fourth-order valence-corrected chi connectivity index (χ4v) is 2.13. The Morgan fingerprint density at radius 2 is 2.25 bits per heavy atom. The first-order valence-corrected chi connectivity index (χ1v) is 5.97. The molecule has 1 aliphatic carbocycles. The molecule has 1 aliphatic rings. The Morgan fingerprint density at radius 1 is 1.50 bits per heavy atom. The van der Waals surface area contributed by atoms with Crippen LogP contribution in [0.2, 0.25) is 5.02 Å². The third kappa shape index (κ3) is 3.17. The highest BCUT2D eigenvalue weighted by molar-refractivity contribution is 6.30. The molecular weight excluding hydrogens is 227 g/mol. The standard InChI is InChI=1S/C12H16ClFN2/c13-10-3-4-12(14)9(6-10)7-11(16-15)5-8-1-2-8/h3-4,6,8,11,16H,1-2,5,7,15H2. The van der Waals surface area contributed by atoms with E-state index in [1.165, 1.54) is 18.9 Å². The van der Waals surface area contributed by atoms with Gasteiger partial charge in [0.15, 0.2) is 0 Å². The molecule has 0 spiro atoms. The van der Waals surface area contributed by atoms with Gasteiger partial charge in [-0.1, -0.05) is 24.4 Å². The first-order chi connectivity index (χ1) is 7.69. The van der Waals surface area contributed by atoms with Crippen molar-refractivity contribution in [2.24, 2.45) is 11.8 Å². The lowest BCUT2D eigenvalue weighted by molar-refractivity contribution is 0.457. The predicted molar refractivity (Wildman–Crippen MR) is 63.6 cm³/mol. The minimum Gasteiger partial charge on any atom is -0.271 e. The number of hydrogen-bond acceptors (Lipinski definition) is 2. The van der Waals surface area contributed by atoms with Crippen molar-refractivity contribution in [3.05, 3.63) is 34.6 Å². The van der Waals surface area contributed by atoms with E-state index in [-0.39, 0.29) is 11.9 Å². The molecule has 1 aromatic carbocycles. The van der Waals surface area contributed by atoms with Crippen LogP contribution in [0.3, 0.4) is 0 Å². The van der Waals surface area contributed by atoms with Crippen LogP contribution in [0.1, 0.15) is 24.8 Å². The molecule has 1 atom stereocenters. The van der Waals surface area contributed by atoms with Crippen LogP contribution < -0.4 is 11.3 Å². The van der Waals surface area contributed by atoms with Crippen LogP contribution in [-0.4, -0.2) is 6.04 Å². The van der Waals surface area contributed by atoms with Crippen molar-refractivity contribution < 1.29 is 4.39 Å². The summed E-state index contributed by atoms with van der Waals surface area (Å²) in [7, 11) is 0. The molecule has 3 N–H and O–H groups in total. The highest BCUT2D eigenvalue weighted by atomic mass is 35.5. The minimum atomic E-state index is -0.208. The van der Waals surface area contributed by atoms with Crippen molar-refractivity contribution in [3.8, 4) is 0 Å². The van der Waals surface area contributed by atoms with Gasteiger partial charge >= 0.3 is 0 Å². The molecule has 88 valence electrons. The molecule has 0 aliphatic heterocycles. The average Bonchev–Trinajstić information content (AvgIpc) is 3.06. The first-order valence-electron chi connectivity index (χ1n) is 5.59. The number of hydrazine groups is 1. The van der Waals surface area contributed by atoms with Gasteiger partial charge in [-0.3, -0.25) is 11.3 Å². The van der Waals surface area contributed by atoms with Crippen molar-refractivity contribution >= 4 is 11.6 Å². The molecule has 0 radical (unpaired) electrons. The zero-order valence-corrected chi connectivity index (χ0v) is 9.80. The summed E-state index contributed by atoms with van der Waals surface area (Å²) in [6.45, 7) is 0. The van der Waals surface area contributed by atoms with Crippen LogP contribution in [0.4, 0.5) is 4.39 Å². The Morgan fingerprint density at radius 3 is 2.88 bits per heavy atom. The van der Waals surface area contributed by atoms with Gasteiger partial charge < -0.3 is 0 Å². The molecule has 0 amide bonds. The maximum atomic E-state index is 13.5. The van der Waals surface area contributed by atoms with E-state index in [2.05, 4.69) is 5.43 Å². The second kappa shape index (κ2) is 5.13. The van der Waals surface area contributed by atoms with E-state index in [1.807, 2.05) is 0 Å². The van der Waals surface area contributed by atoms with Crippen molar-refractivity contribution in [2.45, 2.75) is 31.7 Å². The average molecular weight is 243 g/mol. The van der Waals surface area contributed by atoms with Crippen molar-refractivity contribution in [2.75, 3.05) is 0 Å². The highest BCUT2D eigenvalue weighted by Crippen LogP contribution is 2.34. The Kier molecular flexibility index (Phi) is 3.79. The van der Waals surface area contributed by atoms with E-state index < -0.39 is 0 Å². The number of halogens is 2. The van der Waals surface area contributed by atoms with Gasteiger partial charge in [-0.15, -0.1) is 0 Å². The Balaban J connectivity index is 2.01. The quantitative estimate of drug-likeness (QED) is 0.615. The lowest BCUT2D eigenvalue weighted by Crippen LogP contribution is -2.37. The summed E-state index contributed by atoms with van der Waals surface area (Å²) >= 11 is 5.84. The van der Waals surface area contributed by atoms with E-state index in [0.717, 1.165) is 12.3 Å². The van der Waals surface area contributed by atoms with Crippen molar-refractivity contribution in [1.29, 1.82) is 0 Å². The molecular formula is C12H16ClFN2. The predicted octanol–water partition coefficient (Wildman–Crippen LogP) is 2.65. The number of hydrogen-bond donors (Lipinski definition) is 2. The Hall–Kier alpha value is -0.640. The third-order valence-corrected chi connectivity index (χ3v) is 3.26. The van der Waals surface area contributed by atoms with E-state index in [9.17, 15) is 4.39 Å². The number of nitrogens with one attached hydrogen (secondary N) is 1. The minimum absolute atomic E-state index is 0.139. The molecule has 1 fully saturated rings. The fraction of sp³-hybridized carbons (Fsp3) is 0.500. The summed E-state index contributed by atoms with van der Waals surface area (Å²) in [6.07, 6.45) is 4.16. The topological polar surface area (TPSA) is 38.0 Å². The number of benzene rings is 1. The molecule has 0 aromatic heterocycles. The summed E-state index contributed by atoms with van der Waals surface area (Å²) < 4.78 is 13.5. The molecule has 0 saturated heterocycles. The monoisotopic (exact) mass is 242 g/mol. The van der Waals surface area contributed by atoms with Gasteiger partial charge in [-0.2, -0.15) is 0 Å². The van der Waals surface area contributed by atoms with E-state index in [4.69, 9.17) is 17.4 Å². The molecule has 1 saturated carbocycles. The second-order valence-electron chi connectivity index (χ2n) is 4.48. The van der Waals surface area contributed by atoms with Crippen molar-refractivity contribution in [1.82, 2.24) is 5.43 Å². The molecule has 2 nitrogen and oxygen atoms in total. The first kappa shape index (κ1) is 11.8. The van der Waals surface area contributed by atoms with E-state index >= 15 is 0 Å². The van der Waals surface area contributed by atoms with Gasteiger partial charge in [0, 0.05) is 11.1 Å². The lowest BCUT2D eigenvalue weighted by Gasteiger charge is -2.16. The maximum absolute atomic E-state index is 13.5. The normalized spacial score (nSPS) is 17.4. The van der Waals surface area contributed by atoms with Gasteiger partial charge in [0.1, 0.15) is 5.82 Å². The third-order valence-electron chi connectivity index (χ3n) is 3.02. The molecule has 0 heterocycles. The summed E-state index contributed by atoms with van der Waals surface area (Å²) in [4.78, 5) is 0. The summed E-state index contributed by atoms with van der Waals surface area (Å²) in [5, 5.41) is 0.568. The Labute approximate surface area is 99.9 Å². The zero-order chi connectivity index (χ0) is 11.5. The van der Waals surface area contributed by atoms with Crippen LogP contribution in [0.5, 0.6) is 0 Å². The van der Waals surface area contributed by atoms with Gasteiger partial charge in [-0.25, -0.2) is 4.39 Å². The van der Waals surface area contributed by atoms with Crippen LogP contribution in [0, 0.1) is 11.7 Å². The van der Waals surface area contributed by atoms with Gasteiger partial charge in [0.05, 0.1) is 0 Å². The van der Waals surface area contributed by atoms with Crippen LogP contribution >= 0.6 is 11.6 Å². The zero-order valence-electron chi connectivity index (χ0n) is 9.05. The van der Waals surface area contributed by atoms with Crippen LogP contribution in [0.15, 0.2) is 18.2 Å². The summed E-state index contributed by atoms with van der Waals surface area (Å²) in [6, 6.07) is 4.78. The maximum Gasteiger partial charge on any atom is 0.126 e. The molecule has 4 heteroatoms. The SMILES string of the molecule is NNC(Cc1cc(Cl)ccc1F)CC1CC1. The van der Waals surface area contributed by atoms with E-state index in [0.29, 0.717) is 17.0 Å². The molecule has 2 rings (SSSR count). The number of rotatable bonds is 5. The second-order valence-corrected chi connectivity index (χ2v) is 4.92. The van der Waals surface area contributed by atoms with Gasteiger partial charge in [0.2, 0.25) is 0 Å². The highest BCUT2D eigenvalue weighted by Gasteiger charge is 2.25. The number of nitrogens with two attached hydrogens (primary N) is 1. The molecule has 1 aromatic rings. The smallest absolute Gasteiger partial charge is 0.126 e. The van der Waals surface area contributed by atoms with Crippen molar-refractivity contribution in [3.63, 3.8) is 0 Å². The largest absolute Gasteiger partial charge is 0.271 e. The van der Waals surface area contributed by atoms with Gasteiger partial charge in [0.25, 0.3) is 0 Å². The fourth-order valence-electron chi connectivity index (χ4n) is 1.93. The molecule has 0 bridgehead atoms. The molecule has 16 heavy (non-hydrogen) atoms. The summed E-state index contributed by atoms with van der Waals surface area (Å²) in [5.74, 6) is 6.04. The Bertz CT molecular complexity index is 366. The van der Waals surface area contributed by atoms with Gasteiger partial charge in [-0.05, 0) is 42.5 Å². The van der Waals surface area contributed by atoms with Crippen LogP contribution in [-0.2, 0) is 6.42 Å². The molecule has 1 unspecified atom stereocenters. The van der Waals surface area contributed by atoms with Crippen LogP contribution in [0.25, 0.3) is 0 Å².